The molecule has 0 spiro atoms. The van der Waals surface area contributed by atoms with Gasteiger partial charge in [-0.05, 0) is 20.0 Å². The lowest BCUT2D eigenvalue weighted by Crippen LogP contribution is -2.07. The second-order valence-corrected chi connectivity index (χ2v) is 5.48. The highest BCUT2D eigenvalue weighted by molar-refractivity contribution is 7.09. The van der Waals surface area contributed by atoms with Gasteiger partial charge in [-0.2, -0.15) is 5.10 Å². The van der Waals surface area contributed by atoms with Gasteiger partial charge >= 0.3 is 0 Å². The summed E-state index contributed by atoms with van der Waals surface area (Å²) in [4.78, 5) is 4.51. The van der Waals surface area contributed by atoms with Crippen LogP contribution in [-0.4, -0.2) is 21.8 Å². The minimum atomic E-state index is 0.739. The molecule has 0 bridgehead atoms. The van der Waals surface area contributed by atoms with Crippen LogP contribution in [0.4, 0.5) is 0 Å². The van der Waals surface area contributed by atoms with E-state index in [4.69, 9.17) is 5.10 Å². The van der Waals surface area contributed by atoms with E-state index in [0.29, 0.717) is 0 Å². The number of fused-ring (bicyclic) bond motifs is 1. The topological polar surface area (TPSA) is 42.7 Å². The minimum absolute atomic E-state index is 0.739. The number of hydrogen-bond acceptors (Lipinski definition) is 4. The highest BCUT2D eigenvalue weighted by Gasteiger charge is 2.10. The molecule has 0 aliphatic rings. The predicted octanol–water partition coefficient (Wildman–Crippen LogP) is 2.57. The van der Waals surface area contributed by atoms with Gasteiger partial charge in [-0.3, -0.25) is 4.68 Å². The van der Waals surface area contributed by atoms with Crippen molar-refractivity contribution in [2.45, 2.75) is 20.0 Å². The van der Waals surface area contributed by atoms with Gasteiger partial charge in [0.2, 0.25) is 0 Å². The van der Waals surface area contributed by atoms with Crippen LogP contribution in [0.15, 0.2) is 29.6 Å². The Balaban J connectivity index is 2.03. The third kappa shape index (κ3) is 2.39. The molecule has 19 heavy (non-hydrogen) atoms. The molecule has 0 fully saturated rings. The summed E-state index contributed by atoms with van der Waals surface area (Å²) in [7, 11) is 1.94. The summed E-state index contributed by atoms with van der Waals surface area (Å²) < 4.78 is 2.04. The van der Waals surface area contributed by atoms with Crippen LogP contribution in [0.25, 0.3) is 10.9 Å². The molecule has 4 nitrogen and oxygen atoms in total. The van der Waals surface area contributed by atoms with E-state index in [0.717, 1.165) is 29.5 Å². The van der Waals surface area contributed by atoms with Gasteiger partial charge in [-0.1, -0.05) is 18.2 Å². The molecule has 0 atom stereocenters. The highest BCUT2D eigenvalue weighted by Crippen LogP contribution is 2.20. The Morgan fingerprint density at radius 3 is 2.89 bits per heavy atom. The number of aromatic nitrogens is 3. The number of hydrogen-bond donors (Lipinski definition) is 1. The third-order valence-corrected chi connectivity index (χ3v) is 3.98. The monoisotopic (exact) mass is 272 g/mol. The van der Waals surface area contributed by atoms with Crippen LogP contribution in [0.3, 0.4) is 0 Å². The van der Waals surface area contributed by atoms with E-state index in [2.05, 4.69) is 39.9 Å². The Bertz CT molecular complexity index is 698. The number of thiazole rings is 1. The van der Waals surface area contributed by atoms with Gasteiger partial charge in [0.05, 0.1) is 17.8 Å². The molecular weight excluding hydrogens is 256 g/mol. The van der Waals surface area contributed by atoms with Crippen LogP contribution in [0.2, 0.25) is 0 Å². The van der Waals surface area contributed by atoms with Gasteiger partial charge in [0.25, 0.3) is 0 Å². The normalized spacial score (nSPS) is 11.3. The molecule has 1 aromatic carbocycles. The number of rotatable bonds is 4. The Kier molecular flexibility index (Phi) is 3.31. The van der Waals surface area contributed by atoms with Gasteiger partial charge in [0.1, 0.15) is 5.01 Å². The third-order valence-electron chi connectivity index (χ3n) is 3.03. The summed E-state index contributed by atoms with van der Waals surface area (Å²) in [6.45, 7) is 3.54. The largest absolute Gasteiger partial charge is 0.314 e. The summed E-state index contributed by atoms with van der Waals surface area (Å²) in [5.41, 5.74) is 3.33. The van der Waals surface area contributed by atoms with Gasteiger partial charge in [-0.25, -0.2) is 4.98 Å². The molecule has 0 saturated heterocycles. The fourth-order valence-electron chi connectivity index (χ4n) is 2.22. The maximum Gasteiger partial charge on any atom is 0.114 e. The molecule has 98 valence electrons. The molecule has 3 rings (SSSR count). The van der Waals surface area contributed by atoms with Gasteiger partial charge in [-0.15, -0.1) is 11.3 Å². The number of para-hydroxylation sites is 1. The minimum Gasteiger partial charge on any atom is -0.314 e. The molecule has 0 unspecified atom stereocenters. The molecule has 0 amide bonds. The average Bonchev–Trinajstić information content (AvgIpc) is 2.97. The van der Waals surface area contributed by atoms with Gasteiger partial charge in [0, 0.05) is 23.0 Å². The van der Waals surface area contributed by atoms with Crippen molar-refractivity contribution >= 4 is 22.2 Å². The van der Waals surface area contributed by atoms with Crippen molar-refractivity contribution in [2.24, 2.45) is 0 Å². The van der Waals surface area contributed by atoms with Crippen molar-refractivity contribution in [1.29, 1.82) is 0 Å². The first-order valence-electron chi connectivity index (χ1n) is 6.28. The quantitative estimate of drug-likeness (QED) is 0.794. The lowest BCUT2D eigenvalue weighted by molar-refractivity contribution is 0.673. The fourth-order valence-corrected chi connectivity index (χ4v) is 2.97. The smallest absolute Gasteiger partial charge is 0.114 e. The molecule has 2 aromatic heterocycles. The number of nitrogens with one attached hydrogen (secondary N) is 1. The molecule has 1 N–H and O–H groups in total. The molecule has 2 heterocycles. The van der Waals surface area contributed by atoms with E-state index < -0.39 is 0 Å². The Labute approximate surface area is 116 Å². The van der Waals surface area contributed by atoms with Crippen molar-refractivity contribution in [3.05, 3.63) is 46.0 Å². The maximum atomic E-state index is 4.70. The van der Waals surface area contributed by atoms with Crippen LogP contribution in [0.1, 0.15) is 16.4 Å². The second-order valence-electron chi connectivity index (χ2n) is 4.53. The van der Waals surface area contributed by atoms with Crippen LogP contribution in [-0.2, 0) is 13.1 Å². The summed E-state index contributed by atoms with van der Waals surface area (Å²) in [5, 5.41) is 12.3. The van der Waals surface area contributed by atoms with Crippen LogP contribution >= 0.6 is 11.3 Å². The zero-order valence-electron chi connectivity index (χ0n) is 11.1. The number of nitrogens with zero attached hydrogens (tertiary/aromatic N) is 3. The van der Waals surface area contributed by atoms with E-state index in [-0.39, 0.29) is 0 Å². The van der Waals surface area contributed by atoms with E-state index in [1.54, 1.807) is 11.3 Å². The summed E-state index contributed by atoms with van der Waals surface area (Å²) in [6, 6.07) is 8.35. The first-order chi connectivity index (χ1) is 9.28. The first-order valence-corrected chi connectivity index (χ1v) is 7.16. The second kappa shape index (κ2) is 5.11. The van der Waals surface area contributed by atoms with E-state index in [9.17, 15) is 0 Å². The average molecular weight is 272 g/mol. The summed E-state index contributed by atoms with van der Waals surface area (Å²) in [5.74, 6) is 0. The molecule has 0 aliphatic heterocycles. The predicted molar refractivity (Wildman–Crippen MR) is 78.4 cm³/mol. The highest BCUT2D eigenvalue weighted by atomic mass is 32.1. The molecule has 5 heteroatoms. The maximum absolute atomic E-state index is 4.70. The zero-order chi connectivity index (χ0) is 13.2. The van der Waals surface area contributed by atoms with Gasteiger partial charge < -0.3 is 5.32 Å². The summed E-state index contributed by atoms with van der Waals surface area (Å²) in [6.07, 6.45) is 0. The lowest BCUT2D eigenvalue weighted by atomic mass is 10.2. The van der Waals surface area contributed by atoms with E-state index >= 15 is 0 Å². The Morgan fingerprint density at radius 1 is 1.32 bits per heavy atom. The van der Waals surface area contributed by atoms with Crippen LogP contribution in [0, 0.1) is 6.92 Å². The molecule has 3 aromatic rings. The molecule has 0 radical (unpaired) electrons. The van der Waals surface area contributed by atoms with Gasteiger partial charge in [0.15, 0.2) is 0 Å². The van der Waals surface area contributed by atoms with Crippen LogP contribution in [0.5, 0.6) is 0 Å². The Morgan fingerprint density at radius 2 is 2.16 bits per heavy atom. The molecule has 0 aliphatic carbocycles. The number of aryl methyl sites for hydroxylation is 1. The van der Waals surface area contributed by atoms with E-state index in [1.807, 2.05) is 18.7 Å². The molecule has 0 saturated carbocycles. The number of benzene rings is 1. The van der Waals surface area contributed by atoms with Crippen molar-refractivity contribution in [1.82, 2.24) is 20.1 Å². The van der Waals surface area contributed by atoms with Crippen LogP contribution < -0.4 is 5.32 Å². The first kappa shape index (κ1) is 12.3. The fraction of sp³-hybridized carbons (Fsp3) is 0.286. The zero-order valence-corrected chi connectivity index (χ0v) is 11.9. The lowest BCUT2D eigenvalue weighted by Gasteiger charge is -1.99. The van der Waals surface area contributed by atoms with Crippen molar-refractivity contribution in [3.63, 3.8) is 0 Å². The van der Waals surface area contributed by atoms with Crippen molar-refractivity contribution < 1.29 is 0 Å². The van der Waals surface area contributed by atoms with E-state index in [1.165, 1.54) is 10.9 Å². The SMILES string of the molecule is CNCc1nn(Cc2nc(C)cs2)c2ccccc12. The van der Waals surface area contributed by atoms with Crippen molar-refractivity contribution in [3.8, 4) is 0 Å². The molecular formula is C14H16N4S. The standard InChI is InChI=1S/C14H16N4S/c1-10-9-19-14(16-10)8-18-13-6-4-3-5-11(13)12(17-18)7-15-2/h3-6,9,15H,7-8H2,1-2H3. The Hall–Kier alpha value is -1.72. The summed E-state index contributed by atoms with van der Waals surface area (Å²) >= 11 is 1.69. The van der Waals surface area contributed by atoms with Crippen molar-refractivity contribution in [2.75, 3.05) is 7.05 Å².